The fraction of sp³-hybridized carbons (Fsp3) is 0.304. The smallest absolute Gasteiger partial charge is 0.448 e. The van der Waals surface area contributed by atoms with Crippen LogP contribution >= 0.6 is 23.2 Å². The summed E-state index contributed by atoms with van der Waals surface area (Å²) in [5.74, 6) is 1.85. The van der Waals surface area contributed by atoms with Crippen LogP contribution in [-0.4, -0.2) is 71.0 Å². The molecule has 12 nitrogen and oxygen atoms in total. The number of nitrogens with zero attached hydrogens (tertiary/aromatic N) is 3. The van der Waals surface area contributed by atoms with Crippen LogP contribution in [0.5, 0.6) is 29.0 Å². The average molecular weight is 575 g/mol. The Labute approximate surface area is 232 Å². The maximum absolute atomic E-state index is 10.7. The van der Waals surface area contributed by atoms with Crippen molar-refractivity contribution in [1.29, 1.82) is 5.26 Å². The fourth-order valence-electron chi connectivity index (χ4n) is 1.79. The SMILES string of the molecule is CB(O)O.CC#N.COc1ccc[nH]c1=O.COc1cccnc1OC.COc1ncccc1O.ClCCl. The van der Waals surface area contributed by atoms with Gasteiger partial charge < -0.3 is 39.1 Å². The monoisotopic (exact) mass is 574 g/mol. The van der Waals surface area contributed by atoms with E-state index in [1.54, 1.807) is 69.2 Å². The lowest BCUT2D eigenvalue weighted by atomic mass is 9.99. The number of methoxy groups -OCH3 is 4. The Hall–Kier alpha value is -3.70. The van der Waals surface area contributed by atoms with Crippen LogP contribution in [0.2, 0.25) is 6.82 Å². The molecule has 0 saturated carbocycles. The lowest BCUT2D eigenvalue weighted by molar-refractivity contribution is 0.343. The molecular weight excluding hydrogens is 542 g/mol. The van der Waals surface area contributed by atoms with E-state index >= 15 is 0 Å². The second kappa shape index (κ2) is 27.9. The summed E-state index contributed by atoms with van der Waals surface area (Å²) >= 11 is 9.53. The third-order valence-corrected chi connectivity index (χ3v) is 3.10. The maximum atomic E-state index is 10.7. The molecule has 0 fully saturated rings. The van der Waals surface area contributed by atoms with Gasteiger partial charge in [0.1, 0.15) is 0 Å². The molecule has 210 valence electrons. The van der Waals surface area contributed by atoms with Crippen molar-refractivity contribution in [3.05, 3.63) is 65.3 Å². The highest BCUT2D eigenvalue weighted by Gasteiger charge is 1.99. The Morgan fingerprint density at radius 3 is 1.66 bits per heavy atom. The van der Waals surface area contributed by atoms with Crippen molar-refractivity contribution in [1.82, 2.24) is 15.0 Å². The minimum Gasteiger partial charge on any atom is -0.503 e. The molecule has 0 saturated heterocycles. The van der Waals surface area contributed by atoms with Crippen molar-refractivity contribution in [2.45, 2.75) is 13.7 Å². The van der Waals surface area contributed by atoms with E-state index in [0.29, 0.717) is 17.4 Å². The number of halogens is 2. The van der Waals surface area contributed by atoms with Crippen LogP contribution in [0.15, 0.2) is 59.8 Å². The van der Waals surface area contributed by atoms with E-state index in [9.17, 15) is 4.79 Å². The molecule has 4 N–H and O–H groups in total. The first-order valence-electron chi connectivity index (χ1n) is 10.3. The number of rotatable bonds is 4. The quantitative estimate of drug-likeness (QED) is 0.265. The lowest BCUT2D eigenvalue weighted by Crippen LogP contribution is -2.06. The Balaban J connectivity index is -0.000000413. The topological polar surface area (TPSA) is 180 Å². The summed E-state index contributed by atoms with van der Waals surface area (Å²) in [6.45, 7) is 2.71. The fourth-order valence-corrected chi connectivity index (χ4v) is 1.79. The molecule has 3 heterocycles. The molecule has 0 amide bonds. The molecule has 3 aromatic heterocycles. The summed E-state index contributed by atoms with van der Waals surface area (Å²) in [7, 11) is 4.90. The second-order valence-electron chi connectivity index (χ2n) is 5.77. The number of aromatic amines is 1. The Morgan fingerprint density at radius 2 is 1.34 bits per heavy atom. The molecule has 0 aliphatic heterocycles. The van der Waals surface area contributed by atoms with Crippen molar-refractivity contribution in [3.63, 3.8) is 0 Å². The normalized spacial score (nSPS) is 8.03. The van der Waals surface area contributed by atoms with E-state index in [2.05, 4.69) is 19.7 Å². The van der Waals surface area contributed by atoms with Crippen LogP contribution in [0, 0.1) is 11.3 Å². The van der Waals surface area contributed by atoms with Gasteiger partial charge in [-0.1, -0.05) is 0 Å². The van der Waals surface area contributed by atoms with Crippen molar-refractivity contribution in [3.8, 4) is 35.1 Å². The van der Waals surface area contributed by atoms with Gasteiger partial charge in [0.25, 0.3) is 17.3 Å². The Bertz CT molecular complexity index is 1030. The molecule has 0 atom stereocenters. The van der Waals surface area contributed by atoms with Gasteiger partial charge in [-0.3, -0.25) is 4.79 Å². The number of nitrogens with one attached hydrogen (secondary N) is 1. The molecule has 0 bridgehead atoms. The minimum atomic E-state index is -1.17. The highest BCUT2D eigenvalue weighted by atomic mass is 35.5. The molecule has 15 heteroatoms. The molecule has 0 unspecified atom stereocenters. The van der Waals surface area contributed by atoms with E-state index in [0.717, 1.165) is 0 Å². The van der Waals surface area contributed by atoms with E-state index in [1.165, 1.54) is 34.0 Å². The van der Waals surface area contributed by atoms with Gasteiger partial charge in [-0.25, -0.2) is 9.97 Å². The highest BCUT2D eigenvalue weighted by Crippen LogP contribution is 2.21. The number of H-pyrrole nitrogens is 1. The zero-order chi connectivity index (χ0) is 29.8. The van der Waals surface area contributed by atoms with Gasteiger partial charge >= 0.3 is 7.12 Å². The van der Waals surface area contributed by atoms with Gasteiger partial charge in [0.2, 0.25) is 0 Å². The number of alkyl halides is 2. The van der Waals surface area contributed by atoms with Gasteiger partial charge in [-0.15, -0.1) is 23.2 Å². The predicted molar refractivity (Wildman–Crippen MR) is 147 cm³/mol. The van der Waals surface area contributed by atoms with Crippen LogP contribution in [-0.2, 0) is 0 Å². The average Bonchev–Trinajstić information content (AvgIpc) is 2.90. The molecule has 0 aliphatic rings. The number of hydrogen-bond donors (Lipinski definition) is 4. The minimum absolute atomic E-state index is 0.0694. The van der Waals surface area contributed by atoms with Crippen LogP contribution in [0.3, 0.4) is 0 Å². The highest BCUT2D eigenvalue weighted by molar-refractivity contribution is 6.40. The van der Waals surface area contributed by atoms with E-state index in [-0.39, 0.29) is 22.5 Å². The molecule has 3 rings (SSSR count). The van der Waals surface area contributed by atoms with Crippen molar-refractivity contribution >= 4 is 30.3 Å². The number of nitriles is 1. The summed E-state index contributed by atoms with van der Waals surface area (Å²) in [6.07, 6.45) is 4.77. The zero-order valence-corrected chi connectivity index (χ0v) is 23.5. The molecule has 0 aliphatic carbocycles. The molecule has 0 radical (unpaired) electrons. The number of pyridine rings is 3. The maximum Gasteiger partial charge on any atom is 0.448 e. The van der Waals surface area contributed by atoms with Gasteiger partial charge in [0, 0.05) is 25.5 Å². The van der Waals surface area contributed by atoms with Crippen LogP contribution in [0.25, 0.3) is 0 Å². The third-order valence-electron chi connectivity index (χ3n) is 3.10. The van der Waals surface area contributed by atoms with Gasteiger partial charge in [-0.2, -0.15) is 5.26 Å². The first-order valence-corrected chi connectivity index (χ1v) is 11.4. The summed E-state index contributed by atoms with van der Waals surface area (Å²) < 4.78 is 19.2. The lowest BCUT2D eigenvalue weighted by Gasteiger charge is -2.03. The Kier molecular flexibility index (Phi) is 28.5. The molecule has 0 aromatic carbocycles. The van der Waals surface area contributed by atoms with E-state index < -0.39 is 7.12 Å². The summed E-state index contributed by atoms with van der Waals surface area (Å²) in [6, 6.07) is 11.8. The molecular formula is C23H33BCl2N4O8. The first kappa shape index (κ1) is 38.8. The Morgan fingerprint density at radius 1 is 0.921 bits per heavy atom. The zero-order valence-electron chi connectivity index (χ0n) is 22.0. The number of aromatic hydroxyl groups is 1. The molecule has 0 spiro atoms. The third kappa shape index (κ3) is 22.7. The molecule has 3 aromatic rings. The summed E-state index contributed by atoms with van der Waals surface area (Å²) in [5, 5.41) is 31.7. The summed E-state index contributed by atoms with van der Waals surface area (Å²) in [5.41, 5.74) is -0.194. The van der Waals surface area contributed by atoms with Crippen molar-refractivity contribution < 1.29 is 34.1 Å². The van der Waals surface area contributed by atoms with Crippen LogP contribution in [0.4, 0.5) is 0 Å². The number of ether oxygens (including phenoxy) is 4. The number of hydrogen-bond acceptors (Lipinski definition) is 11. The van der Waals surface area contributed by atoms with Crippen molar-refractivity contribution in [2.75, 3.05) is 33.8 Å². The van der Waals surface area contributed by atoms with E-state index in [1.807, 2.05) is 0 Å². The molecule has 38 heavy (non-hydrogen) atoms. The van der Waals surface area contributed by atoms with Gasteiger partial charge in [0.15, 0.2) is 17.2 Å². The van der Waals surface area contributed by atoms with Gasteiger partial charge in [-0.05, 0) is 43.2 Å². The van der Waals surface area contributed by atoms with Crippen molar-refractivity contribution in [2.24, 2.45) is 0 Å². The number of aromatic nitrogens is 3. The van der Waals surface area contributed by atoms with E-state index in [4.69, 9.17) is 57.8 Å². The van der Waals surface area contributed by atoms with Gasteiger partial charge in [0.05, 0.1) is 39.8 Å². The van der Waals surface area contributed by atoms with Crippen LogP contribution in [0.1, 0.15) is 6.92 Å². The predicted octanol–water partition coefficient (Wildman–Crippen LogP) is 3.32. The standard InChI is InChI=1S/C7H9NO2.2C6H7NO2.C2H3N.CH5BO2.CH2Cl2/c1-9-6-4-3-5-8-7(6)10-2;1-9-5-3-2-4-7-6(5)8;1-9-6-5(8)3-2-4-7-6;1-2-3;1-2(3)4;2-1-3/h3-5H,1-2H3;2-4H,1H3,(H,7,8);2-4,8H,1H3;1H3;3-4H,1H3;1H2. The largest absolute Gasteiger partial charge is 0.503 e. The second-order valence-corrected chi connectivity index (χ2v) is 6.58. The summed E-state index contributed by atoms with van der Waals surface area (Å²) in [4.78, 5) is 20.8. The van der Waals surface area contributed by atoms with Crippen LogP contribution < -0.4 is 24.5 Å². The first-order chi connectivity index (χ1) is 18.1.